The van der Waals surface area contributed by atoms with Gasteiger partial charge in [-0.05, 0) is 0 Å². The Labute approximate surface area is 69.5 Å². The molecule has 0 aromatic heterocycles. The summed E-state index contributed by atoms with van der Waals surface area (Å²) < 4.78 is 11.7. The molecule has 0 aliphatic carbocycles. The Balaban J connectivity index is 4.92. The molecule has 3 heteroatoms. The van der Waals surface area contributed by atoms with E-state index in [1.165, 1.54) is 0 Å². The molecular weight excluding hydrogens is 159 g/mol. The Morgan fingerprint density at radius 1 is 0.909 bits per heavy atom. The molecule has 0 fully saturated rings. The summed E-state index contributed by atoms with van der Waals surface area (Å²) in [5.41, 5.74) is 0. The summed E-state index contributed by atoms with van der Waals surface area (Å²) in [4.78, 5) is 11.7. The quantitative estimate of drug-likeness (QED) is 0.532. The molecule has 0 N–H and O–H groups in total. The molecule has 0 heterocycles. The standard InChI is InChI=1S/C8H19O2P/c1-7(2,3)11(9,10)8(4,5)6/h1-6H3,(H,9,10)/p-1. The van der Waals surface area contributed by atoms with Gasteiger partial charge in [-0.1, -0.05) is 41.5 Å². The zero-order valence-corrected chi connectivity index (χ0v) is 9.16. The Morgan fingerprint density at radius 3 is 1.09 bits per heavy atom. The molecule has 68 valence electrons. The van der Waals surface area contributed by atoms with Crippen LogP contribution in [0, 0.1) is 0 Å². The van der Waals surface area contributed by atoms with Crippen LogP contribution in [0.25, 0.3) is 0 Å². The molecule has 2 nitrogen and oxygen atoms in total. The van der Waals surface area contributed by atoms with Crippen LogP contribution in [0.5, 0.6) is 0 Å². The molecule has 0 unspecified atom stereocenters. The fourth-order valence-corrected chi connectivity index (χ4v) is 3.02. The second-order valence-corrected chi connectivity index (χ2v) is 8.68. The van der Waals surface area contributed by atoms with E-state index in [-0.39, 0.29) is 0 Å². The largest absolute Gasteiger partial charge is 0.799 e. The predicted octanol–water partition coefficient (Wildman–Crippen LogP) is 2.22. The summed E-state index contributed by atoms with van der Waals surface area (Å²) in [7, 11) is -3.31. The van der Waals surface area contributed by atoms with E-state index in [1.807, 2.05) is 0 Å². The van der Waals surface area contributed by atoms with Crippen LogP contribution in [0.15, 0.2) is 0 Å². The van der Waals surface area contributed by atoms with Gasteiger partial charge in [0.2, 0.25) is 0 Å². The summed E-state index contributed by atoms with van der Waals surface area (Å²) in [5, 5.41) is -1.24. The SMILES string of the molecule is CC(C)(C)P(=O)([O-])C(C)(C)C. The minimum Gasteiger partial charge on any atom is -0.799 e. The summed E-state index contributed by atoms with van der Waals surface area (Å²) in [6, 6.07) is 0. The van der Waals surface area contributed by atoms with Crippen LogP contribution in [0.4, 0.5) is 0 Å². The molecule has 11 heavy (non-hydrogen) atoms. The van der Waals surface area contributed by atoms with E-state index in [0.29, 0.717) is 0 Å². The second kappa shape index (κ2) is 2.60. The lowest BCUT2D eigenvalue weighted by Crippen LogP contribution is -2.35. The fraction of sp³-hybridized carbons (Fsp3) is 1.00. The van der Waals surface area contributed by atoms with Gasteiger partial charge >= 0.3 is 0 Å². The first-order valence-corrected chi connectivity index (χ1v) is 5.44. The number of rotatable bonds is 0. The van der Waals surface area contributed by atoms with E-state index in [2.05, 4.69) is 0 Å². The molecule has 0 aromatic rings. The topological polar surface area (TPSA) is 40.1 Å². The maximum atomic E-state index is 11.7. The average Bonchev–Trinajstić information content (AvgIpc) is 1.58. The zero-order chi connectivity index (χ0) is 9.50. The fourth-order valence-electron chi connectivity index (χ4n) is 1.01. The smallest absolute Gasteiger partial charge is 0.0251 e. The third kappa shape index (κ3) is 2.07. The Bertz CT molecular complexity index is 165. The van der Waals surface area contributed by atoms with Crippen LogP contribution < -0.4 is 4.89 Å². The summed E-state index contributed by atoms with van der Waals surface area (Å²) in [6.45, 7) is 10.5. The third-order valence-electron chi connectivity index (χ3n) is 1.77. The third-order valence-corrected chi connectivity index (χ3v) is 5.30. The van der Waals surface area contributed by atoms with Crippen molar-refractivity contribution in [2.75, 3.05) is 0 Å². The molecule has 0 radical (unpaired) electrons. The van der Waals surface area contributed by atoms with Crippen LogP contribution in [0.2, 0.25) is 0 Å². The highest BCUT2D eigenvalue weighted by molar-refractivity contribution is 7.59. The molecular formula is C8H18O2P-. The van der Waals surface area contributed by atoms with Crippen molar-refractivity contribution in [2.24, 2.45) is 0 Å². The zero-order valence-electron chi connectivity index (χ0n) is 8.26. The highest BCUT2D eigenvalue weighted by Gasteiger charge is 2.35. The molecule has 0 aromatic carbocycles. The van der Waals surface area contributed by atoms with Crippen molar-refractivity contribution >= 4 is 7.37 Å². The first kappa shape index (κ1) is 11.2. The van der Waals surface area contributed by atoms with Gasteiger partial charge < -0.3 is 9.46 Å². The van der Waals surface area contributed by atoms with Gasteiger partial charge in [0, 0.05) is 17.7 Å². The number of hydrogen-bond donors (Lipinski definition) is 0. The van der Waals surface area contributed by atoms with Gasteiger partial charge in [0.15, 0.2) is 0 Å². The van der Waals surface area contributed by atoms with E-state index in [9.17, 15) is 9.46 Å². The summed E-state index contributed by atoms with van der Waals surface area (Å²) >= 11 is 0. The van der Waals surface area contributed by atoms with Crippen LogP contribution in [-0.4, -0.2) is 10.3 Å². The van der Waals surface area contributed by atoms with E-state index < -0.39 is 17.7 Å². The first-order chi connectivity index (χ1) is 4.50. The van der Waals surface area contributed by atoms with Gasteiger partial charge in [-0.2, -0.15) is 0 Å². The van der Waals surface area contributed by atoms with E-state index in [0.717, 1.165) is 0 Å². The predicted molar refractivity (Wildman–Crippen MR) is 47.1 cm³/mol. The molecule has 0 rings (SSSR count). The Morgan fingerprint density at radius 2 is 1.09 bits per heavy atom. The molecule has 0 aliphatic heterocycles. The molecule has 0 bridgehead atoms. The molecule has 0 saturated carbocycles. The van der Waals surface area contributed by atoms with Crippen LogP contribution in [-0.2, 0) is 4.57 Å². The van der Waals surface area contributed by atoms with Crippen molar-refractivity contribution < 1.29 is 9.46 Å². The van der Waals surface area contributed by atoms with E-state index in [1.54, 1.807) is 41.5 Å². The van der Waals surface area contributed by atoms with Crippen molar-refractivity contribution in [1.82, 2.24) is 0 Å². The average molecular weight is 177 g/mol. The van der Waals surface area contributed by atoms with Crippen molar-refractivity contribution in [2.45, 2.75) is 51.9 Å². The lowest BCUT2D eigenvalue weighted by Gasteiger charge is -2.46. The molecule has 0 atom stereocenters. The molecule has 0 saturated heterocycles. The highest BCUT2D eigenvalue weighted by Crippen LogP contribution is 2.59. The van der Waals surface area contributed by atoms with Crippen molar-refractivity contribution in [3.8, 4) is 0 Å². The summed E-state index contributed by atoms with van der Waals surface area (Å²) in [5.74, 6) is 0. The van der Waals surface area contributed by atoms with Gasteiger partial charge in [-0.15, -0.1) is 0 Å². The monoisotopic (exact) mass is 177 g/mol. The van der Waals surface area contributed by atoms with Crippen LogP contribution in [0.3, 0.4) is 0 Å². The normalized spacial score (nSPS) is 15.2. The first-order valence-electron chi connectivity index (χ1n) is 3.81. The van der Waals surface area contributed by atoms with Gasteiger partial charge in [-0.25, -0.2) is 0 Å². The van der Waals surface area contributed by atoms with Gasteiger partial charge in [0.05, 0.1) is 0 Å². The highest BCUT2D eigenvalue weighted by atomic mass is 31.2. The summed E-state index contributed by atoms with van der Waals surface area (Å²) in [6.07, 6.45) is 0. The van der Waals surface area contributed by atoms with Crippen LogP contribution in [0.1, 0.15) is 41.5 Å². The maximum Gasteiger partial charge on any atom is 0.0251 e. The second-order valence-electron chi connectivity index (χ2n) is 4.89. The maximum absolute atomic E-state index is 11.7. The number of hydrogen-bond acceptors (Lipinski definition) is 2. The minimum absolute atomic E-state index is 0.620. The molecule has 0 aliphatic rings. The molecule has 0 amide bonds. The van der Waals surface area contributed by atoms with Gasteiger partial charge in [-0.3, -0.25) is 0 Å². The van der Waals surface area contributed by atoms with E-state index >= 15 is 0 Å². The van der Waals surface area contributed by atoms with Crippen LogP contribution >= 0.6 is 7.37 Å². The van der Waals surface area contributed by atoms with E-state index in [4.69, 9.17) is 0 Å². The molecule has 0 spiro atoms. The van der Waals surface area contributed by atoms with Crippen molar-refractivity contribution in [1.29, 1.82) is 0 Å². The Hall–Kier alpha value is 0.190. The van der Waals surface area contributed by atoms with Crippen molar-refractivity contribution in [3.63, 3.8) is 0 Å². The lowest BCUT2D eigenvalue weighted by atomic mass is 10.2. The van der Waals surface area contributed by atoms with Crippen molar-refractivity contribution in [3.05, 3.63) is 0 Å². The Kier molecular flexibility index (Phi) is 2.65. The van der Waals surface area contributed by atoms with Gasteiger partial charge in [0.1, 0.15) is 0 Å². The lowest BCUT2D eigenvalue weighted by molar-refractivity contribution is -0.184. The van der Waals surface area contributed by atoms with Gasteiger partial charge in [0.25, 0.3) is 0 Å². The minimum atomic E-state index is -3.31.